The molecule has 21 heavy (non-hydrogen) atoms. The van der Waals surface area contributed by atoms with E-state index in [9.17, 15) is 4.79 Å². The smallest absolute Gasteiger partial charge is 0.373 e. The Balaban J connectivity index is 1.77. The molecule has 0 saturated carbocycles. The summed E-state index contributed by atoms with van der Waals surface area (Å²) in [6, 6.07) is 9.33. The topological polar surface area (TPSA) is 64.4 Å². The quantitative estimate of drug-likeness (QED) is 0.742. The highest BCUT2D eigenvalue weighted by molar-refractivity contribution is 7.16. The number of thiazole rings is 1. The molecule has 1 aromatic carbocycles. The number of furan rings is 1. The molecule has 0 amide bonds. The third-order valence-corrected chi connectivity index (χ3v) is 3.95. The van der Waals surface area contributed by atoms with Gasteiger partial charge in [0.05, 0.1) is 28.9 Å². The van der Waals surface area contributed by atoms with Crippen LogP contribution in [0.1, 0.15) is 29.3 Å². The summed E-state index contributed by atoms with van der Waals surface area (Å²) < 4.78 is 11.3. The summed E-state index contributed by atoms with van der Waals surface area (Å²) in [7, 11) is 1.33. The van der Waals surface area contributed by atoms with Crippen LogP contribution in [0, 0.1) is 0 Å². The maximum absolute atomic E-state index is 11.4. The molecule has 0 aliphatic heterocycles. The monoisotopic (exact) mass is 302 g/mol. The summed E-state index contributed by atoms with van der Waals surface area (Å²) in [5.41, 5.74) is 3.80. The van der Waals surface area contributed by atoms with Crippen LogP contribution in [0.2, 0.25) is 0 Å². The van der Waals surface area contributed by atoms with Gasteiger partial charge < -0.3 is 14.5 Å². The average Bonchev–Trinajstić information content (AvgIpc) is 3.14. The maximum Gasteiger partial charge on any atom is 0.373 e. The van der Waals surface area contributed by atoms with Crippen molar-refractivity contribution in [2.75, 3.05) is 12.4 Å². The highest BCUT2D eigenvalue weighted by Gasteiger charge is 2.15. The average molecular weight is 302 g/mol. The first-order chi connectivity index (χ1) is 10.2. The maximum atomic E-state index is 11.4. The van der Waals surface area contributed by atoms with Crippen molar-refractivity contribution in [1.29, 1.82) is 0 Å². The number of nitrogens with one attached hydrogen (secondary N) is 1. The highest BCUT2D eigenvalue weighted by Crippen LogP contribution is 2.26. The Hall–Kier alpha value is -2.34. The molecule has 3 rings (SSSR count). The predicted molar refractivity (Wildman–Crippen MR) is 81.7 cm³/mol. The number of carbonyl (C=O) groups is 1. The van der Waals surface area contributed by atoms with Crippen molar-refractivity contribution in [1.82, 2.24) is 4.98 Å². The van der Waals surface area contributed by atoms with Crippen LogP contribution in [-0.4, -0.2) is 18.1 Å². The molecule has 0 saturated heterocycles. The molecule has 0 aliphatic rings. The van der Waals surface area contributed by atoms with Gasteiger partial charge in [0.15, 0.2) is 0 Å². The van der Waals surface area contributed by atoms with Gasteiger partial charge in [-0.25, -0.2) is 9.78 Å². The van der Waals surface area contributed by atoms with Crippen molar-refractivity contribution >= 4 is 33.2 Å². The van der Waals surface area contributed by atoms with Gasteiger partial charge in [-0.2, -0.15) is 0 Å². The number of methoxy groups -OCH3 is 1. The van der Waals surface area contributed by atoms with E-state index >= 15 is 0 Å². The Bertz CT molecular complexity index is 778. The van der Waals surface area contributed by atoms with E-state index in [-0.39, 0.29) is 11.8 Å². The highest BCUT2D eigenvalue weighted by atomic mass is 32.1. The summed E-state index contributed by atoms with van der Waals surface area (Å²) >= 11 is 1.60. The van der Waals surface area contributed by atoms with E-state index in [2.05, 4.69) is 15.0 Å². The Morgan fingerprint density at radius 2 is 2.24 bits per heavy atom. The summed E-state index contributed by atoms with van der Waals surface area (Å²) in [6.07, 6.45) is 0. The lowest BCUT2D eigenvalue weighted by atomic mass is 10.2. The van der Waals surface area contributed by atoms with Crippen LogP contribution in [0.15, 0.2) is 40.3 Å². The third-order valence-electron chi connectivity index (χ3n) is 3.15. The van der Waals surface area contributed by atoms with Crippen molar-refractivity contribution < 1.29 is 13.9 Å². The fraction of sp³-hybridized carbons (Fsp3) is 0.200. The number of anilines is 1. The van der Waals surface area contributed by atoms with E-state index in [0.717, 1.165) is 15.9 Å². The molecular formula is C15H14N2O3S. The molecule has 5 nitrogen and oxygen atoms in total. The molecule has 2 aromatic heterocycles. The lowest BCUT2D eigenvalue weighted by Crippen LogP contribution is -2.05. The normalized spacial score (nSPS) is 12.3. The van der Waals surface area contributed by atoms with Crippen LogP contribution in [0.5, 0.6) is 0 Å². The zero-order valence-electron chi connectivity index (χ0n) is 11.6. The summed E-state index contributed by atoms with van der Waals surface area (Å²) in [5.74, 6) is 0.415. The Morgan fingerprint density at radius 1 is 1.38 bits per heavy atom. The molecule has 0 fully saturated rings. The van der Waals surface area contributed by atoms with E-state index in [1.54, 1.807) is 23.5 Å². The van der Waals surface area contributed by atoms with Crippen molar-refractivity contribution in [3.05, 3.63) is 47.4 Å². The largest absolute Gasteiger partial charge is 0.463 e. The van der Waals surface area contributed by atoms with Gasteiger partial charge in [-0.15, -0.1) is 11.3 Å². The number of hydrogen-bond acceptors (Lipinski definition) is 6. The third kappa shape index (κ3) is 2.75. The second kappa shape index (κ2) is 5.57. The molecule has 3 aromatic rings. The lowest BCUT2D eigenvalue weighted by Gasteiger charge is -2.12. The number of rotatable bonds is 4. The fourth-order valence-electron chi connectivity index (χ4n) is 2.06. The molecule has 2 heterocycles. The van der Waals surface area contributed by atoms with E-state index in [1.165, 1.54) is 7.11 Å². The molecule has 0 bridgehead atoms. The molecule has 0 radical (unpaired) electrons. The summed E-state index contributed by atoms with van der Waals surface area (Å²) in [5, 5.41) is 3.34. The number of benzene rings is 1. The van der Waals surface area contributed by atoms with Crippen LogP contribution in [0.3, 0.4) is 0 Å². The van der Waals surface area contributed by atoms with Crippen LogP contribution >= 0.6 is 11.3 Å². The van der Waals surface area contributed by atoms with Gasteiger partial charge in [0.25, 0.3) is 0 Å². The summed E-state index contributed by atoms with van der Waals surface area (Å²) in [6.45, 7) is 1.97. The fourth-order valence-corrected chi connectivity index (χ4v) is 2.78. The predicted octanol–water partition coefficient (Wildman–Crippen LogP) is 3.85. The standard InChI is InChI=1S/C15H14N2O3S/c1-9(12-5-6-13(20-12)15(18)19-2)17-10-3-4-11-14(7-10)21-8-16-11/h3-9,17H,1-2H3. The number of ether oxygens (including phenoxy) is 1. The minimum atomic E-state index is -0.473. The SMILES string of the molecule is COC(=O)c1ccc(C(C)Nc2ccc3ncsc3c2)o1. The van der Waals surface area contributed by atoms with Crippen LogP contribution in [0.4, 0.5) is 5.69 Å². The van der Waals surface area contributed by atoms with Gasteiger partial charge in [-0.1, -0.05) is 0 Å². The van der Waals surface area contributed by atoms with Crippen molar-refractivity contribution in [2.24, 2.45) is 0 Å². The first-order valence-corrected chi connectivity index (χ1v) is 7.33. The Kier molecular flexibility index (Phi) is 3.62. The second-order valence-electron chi connectivity index (χ2n) is 4.59. The molecular weight excluding hydrogens is 288 g/mol. The van der Waals surface area contributed by atoms with E-state index in [4.69, 9.17) is 4.42 Å². The molecule has 108 valence electrons. The van der Waals surface area contributed by atoms with Gasteiger partial charge in [-0.05, 0) is 37.3 Å². The Labute approximate surface area is 125 Å². The van der Waals surface area contributed by atoms with Crippen molar-refractivity contribution in [3.8, 4) is 0 Å². The summed E-state index contributed by atoms with van der Waals surface area (Å²) in [4.78, 5) is 15.6. The van der Waals surface area contributed by atoms with Crippen LogP contribution in [0.25, 0.3) is 10.2 Å². The molecule has 1 N–H and O–H groups in total. The number of hydrogen-bond donors (Lipinski definition) is 1. The Morgan fingerprint density at radius 3 is 3.05 bits per heavy atom. The van der Waals surface area contributed by atoms with Gasteiger partial charge in [-0.3, -0.25) is 0 Å². The van der Waals surface area contributed by atoms with Crippen molar-refractivity contribution in [2.45, 2.75) is 13.0 Å². The van der Waals surface area contributed by atoms with Gasteiger partial charge >= 0.3 is 5.97 Å². The zero-order chi connectivity index (χ0) is 14.8. The lowest BCUT2D eigenvalue weighted by molar-refractivity contribution is 0.0562. The number of carbonyl (C=O) groups excluding carboxylic acids is 1. The minimum absolute atomic E-state index is 0.0613. The van der Waals surface area contributed by atoms with E-state index < -0.39 is 5.97 Å². The van der Waals surface area contributed by atoms with Crippen LogP contribution < -0.4 is 5.32 Å². The van der Waals surface area contributed by atoms with Gasteiger partial charge in [0.1, 0.15) is 5.76 Å². The molecule has 1 atom stereocenters. The zero-order valence-corrected chi connectivity index (χ0v) is 12.4. The number of aromatic nitrogens is 1. The van der Waals surface area contributed by atoms with Gasteiger partial charge in [0.2, 0.25) is 5.76 Å². The number of nitrogens with zero attached hydrogens (tertiary/aromatic N) is 1. The van der Waals surface area contributed by atoms with Crippen molar-refractivity contribution in [3.63, 3.8) is 0 Å². The number of fused-ring (bicyclic) bond motifs is 1. The molecule has 0 spiro atoms. The first-order valence-electron chi connectivity index (χ1n) is 6.45. The van der Waals surface area contributed by atoms with E-state index in [1.807, 2.05) is 30.6 Å². The van der Waals surface area contributed by atoms with Gasteiger partial charge in [0, 0.05) is 5.69 Å². The van der Waals surface area contributed by atoms with E-state index in [0.29, 0.717) is 5.76 Å². The second-order valence-corrected chi connectivity index (χ2v) is 5.48. The van der Waals surface area contributed by atoms with Crippen LogP contribution in [-0.2, 0) is 4.74 Å². The molecule has 0 aliphatic carbocycles. The molecule has 6 heteroatoms. The molecule has 1 unspecified atom stereocenters. The number of esters is 1. The first kappa shape index (κ1) is 13.6. The minimum Gasteiger partial charge on any atom is -0.463 e.